The lowest BCUT2D eigenvalue weighted by atomic mass is 10.2. The maximum absolute atomic E-state index is 11.8. The first kappa shape index (κ1) is 13.2. The average molecular weight is 270 g/mol. The number of carbonyl (C=O) groups is 1. The first-order chi connectivity index (χ1) is 9.15. The molecule has 19 heavy (non-hydrogen) atoms. The molecular formula is C15H14N2OS. The van der Waals surface area contributed by atoms with Crippen LogP contribution >= 0.6 is 12.2 Å². The van der Waals surface area contributed by atoms with Crippen LogP contribution in [0.4, 0.5) is 10.5 Å². The van der Waals surface area contributed by atoms with Crippen molar-refractivity contribution >= 4 is 28.9 Å². The standard InChI is InChI=1S/C15H14N2OS/c1-11-7-9-13(10-8-11)16-15(18)17-14(19)12-5-3-2-4-6-12/h2-10H,1H3,(H2,16,17,18,19). The lowest BCUT2D eigenvalue weighted by Gasteiger charge is -2.08. The molecule has 0 aliphatic carbocycles. The highest BCUT2D eigenvalue weighted by molar-refractivity contribution is 7.80. The van der Waals surface area contributed by atoms with Gasteiger partial charge in [0.15, 0.2) is 0 Å². The number of hydrogen-bond acceptors (Lipinski definition) is 2. The van der Waals surface area contributed by atoms with Crippen molar-refractivity contribution in [2.24, 2.45) is 0 Å². The van der Waals surface area contributed by atoms with Gasteiger partial charge in [0.1, 0.15) is 4.99 Å². The van der Waals surface area contributed by atoms with Crippen molar-refractivity contribution in [3.8, 4) is 0 Å². The van der Waals surface area contributed by atoms with E-state index in [1.807, 2.05) is 61.5 Å². The fourth-order valence-corrected chi connectivity index (χ4v) is 1.79. The Kier molecular flexibility index (Phi) is 4.26. The smallest absolute Gasteiger partial charge is 0.308 e. The molecule has 0 spiro atoms. The Morgan fingerprint density at radius 2 is 1.63 bits per heavy atom. The molecule has 0 fully saturated rings. The van der Waals surface area contributed by atoms with Gasteiger partial charge in [-0.15, -0.1) is 0 Å². The van der Waals surface area contributed by atoms with Gasteiger partial charge in [-0.25, -0.2) is 4.79 Å². The molecule has 0 radical (unpaired) electrons. The van der Waals surface area contributed by atoms with Crippen molar-refractivity contribution in [1.82, 2.24) is 5.32 Å². The molecule has 0 aliphatic heterocycles. The Balaban J connectivity index is 1.95. The van der Waals surface area contributed by atoms with Crippen LogP contribution in [-0.2, 0) is 0 Å². The molecule has 2 N–H and O–H groups in total. The summed E-state index contributed by atoms with van der Waals surface area (Å²) in [5, 5.41) is 5.37. The van der Waals surface area contributed by atoms with Crippen molar-refractivity contribution in [2.75, 3.05) is 5.32 Å². The van der Waals surface area contributed by atoms with Crippen LogP contribution in [0, 0.1) is 6.92 Å². The van der Waals surface area contributed by atoms with Crippen molar-refractivity contribution in [2.45, 2.75) is 6.92 Å². The average Bonchev–Trinajstić information content (AvgIpc) is 2.42. The van der Waals surface area contributed by atoms with Crippen LogP contribution in [0.1, 0.15) is 11.1 Å². The summed E-state index contributed by atoms with van der Waals surface area (Å²) in [6.07, 6.45) is 0. The number of urea groups is 1. The van der Waals surface area contributed by atoms with E-state index in [1.54, 1.807) is 0 Å². The van der Waals surface area contributed by atoms with Gasteiger partial charge in [0.05, 0.1) is 0 Å². The fraction of sp³-hybridized carbons (Fsp3) is 0.0667. The molecule has 0 saturated carbocycles. The quantitative estimate of drug-likeness (QED) is 0.820. The van der Waals surface area contributed by atoms with Gasteiger partial charge in [-0.05, 0) is 19.1 Å². The predicted molar refractivity (Wildman–Crippen MR) is 81.5 cm³/mol. The van der Waals surface area contributed by atoms with Crippen LogP contribution in [0.3, 0.4) is 0 Å². The molecule has 3 nitrogen and oxygen atoms in total. The number of benzene rings is 2. The monoisotopic (exact) mass is 270 g/mol. The van der Waals surface area contributed by atoms with Crippen LogP contribution in [0.25, 0.3) is 0 Å². The van der Waals surface area contributed by atoms with Crippen LogP contribution in [-0.4, -0.2) is 11.0 Å². The number of carbonyl (C=O) groups excluding carboxylic acids is 1. The van der Waals surface area contributed by atoms with Crippen molar-refractivity contribution < 1.29 is 4.79 Å². The fourth-order valence-electron chi connectivity index (χ4n) is 1.56. The van der Waals surface area contributed by atoms with Gasteiger partial charge in [0, 0.05) is 11.3 Å². The highest BCUT2D eigenvalue weighted by atomic mass is 32.1. The second-order valence-electron chi connectivity index (χ2n) is 4.14. The SMILES string of the molecule is Cc1ccc(NC(=O)NC(=S)c2ccccc2)cc1. The second-order valence-corrected chi connectivity index (χ2v) is 4.55. The van der Waals surface area contributed by atoms with Gasteiger partial charge in [0.25, 0.3) is 0 Å². The molecule has 96 valence electrons. The number of anilines is 1. The normalized spacial score (nSPS) is 9.74. The van der Waals surface area contributed by atoms with E-state index >= 15 is 0 Å². The molecule has 2 aromatic carbocycles. The van der Waals surface area contributed by atoms with E-state index in [4.69, 9.17) is 12.2 Å². The van der Waals surface area contributed by atoms with Crippen LogP contribution in [0.15, 0.2) is 54.6 Å². The van der Waals surface area contributed by atoms with E-state index in [9.17, 15) is 4.79 Å². The summed E-state index contributed by atoms with van der Waals surface area (Å²) < 4.78 is 0. The van der Waals surface area contributed by atoms with Gasteiger partial charge in [-0.3, -0.25) is 5.32 Å². The third kappa shape index (κ3) is 3.89. The number of rotatable bonds is 2. The van der Waals surface area contributed by atoms with Gasteiger partial charge >= 0.3 is 6.03 Å². The zero-order valence-electron chi connectivity index (χ0n) is 10.5. The minimum Gasteiger partial charge on any atom is -0.308 e. The molecule has 2 amide bonds. The summed E-state index contributed by atoms with van der Waals surface area (Å²) in [5.41, 5.74) is 2.70. The molecule has 0 aliphatic rings. The van der Waals surface area contributed by atoms with E-state index in [0.717, 1.165) is 16.8 Å². The zero-order chi connectivity index (χ0) is 13.7. The number of thiocarbonyl (C=S) groups is 1. The lowest BCUT2D eigenvalue weighted by Crippen LogP contribution is -2.33. The summed E-state index contributed by atoms with van der Waals surface area (Å²) in [7, 11) is 0. The molecule has 0 bridgehead atoms. The number of aryl methyl sites for hydroxylation is 1. The molecule has 4 heteroatoms. The largest absolute Gasteiger partial charge is 0.324 e. The Morgan fingerprint density at radius 3 is 2.26 bits per heavy atom. The maximum atomic E-state index is 11.8. The third-order valence-electron chi connectivity index (χ3n) is 2.57. The van der Waals surface area contributed by atoms with E-state index in [2.05, 4.69) is 10.6 Å². The lowest BCUT2D eigenvalue weighted by molar-refractivity contribution is 0.256. The molecule has 0 aromatic heterocycles. The first-order valence-electron chi connectivity index (χ1n) is 5.89. The third-order valence-corrected chi connectivity index (χ3v) is 2.91. The Hall–Kier alpha value is -2.20. The van der Waals surface area contributed by atoms with Crippen LogP contribution in [0.2, 0.25) is 0 Å². The Labute approximate surface area is 117 Å². The minimum absolute atomic E-state index is 0.335. The van der Waals surface area contributed by atoms with Crippen LogP contribution in [0.5, 0.6) is 0 Å². The Bertz CT molecular complexity index is 579. The molecular weight excluding hydrogens is 256 g/mol. The van der Waals surface area contributed by atoms with Crippen molar-refractivity contribution in [3.05, 3.63) is 65.7 Å². The van der Waals surface area contributed by atoms with E-state index < -0.39 is 0 Å². The van der Waals surface area contributed by atoms with Gasteiger partial charge in [0.2, 0.25) is 0 Å². The number of hydrogen-bond donors (Lipinski definition) is 2. The van der Waals surface area contributed by atoms with E-state index in [-0.39, 0.29) is 6.03 Å². The van der Waals surface area contributed by atoms with Crippen molar-refractivity contribution in [1.29, 1.82) is 0 Å². The maximum Gasteiger partial charge on any atom is 0.324 e. The molecule has 0 unspecified atom stereocenters. The summed E-state index contributed by atoms with van der Waals surface area (Å²) in [6.45, 7) is 1.99. The molecule has 0 heterocycles. The first-order valence-corrected chi connectivity index (χ1v) is 6.30. The molecule has 2 rings (SSSR count). The second kappa shape index (κ2) is 6.11. The zero-order valence-corrected chi connectivity index (χ0v) is 11.3. The summed E-state index contributed by atoms with van der Waals surface area (Å²) >= 11 is 5.16. The van der Waals surface area contributed by atoms with Gasteiger partial charge in [-0.2, -0.15) is 0 Å². The summed E-state index contributed by atoms with van der Waals surface area (Å²) in [6, 6.07) is 16.6. The van der Waals surface area contributed by atoms with Gasteiger partial charge in [-0.1, -0.05) is 60.2 Å². The highest BCUT2D eigenvalue weighted by Crippen LogP contribution is 2.08. The topological polar surface area (TPSA) is 41.1 Å². The Morgan fingerprint density at radius 1 is 1.00 bits per heavy atom. The number of amides is 2. The van der Waals surface area contributed by atoms with E-state index in [0.29, 0.717) is 4.99 Å². The molecule has 2 aromatic rings. The van der Waals surface area contributed by atoms with Gasteiger partial charge < -0.3 is 5.32 Å². The minimum atomic E-state index is -0.335. The van der Waals surface area contributed by atoms with E-state index in [1.165, 1.54) is 0 Å². The summed E-state index contributed by atoms with van der Waals surface area (Å²) in [4.78, 5) is 12.2. The van der Waals surface area contributed by atoms with Crippen molar-refractivity contribution in [3.63, 3.8) is 0 Å². The molecule has 0 saturated heterocycles. The molecule has 0 atom stereocenters. The summed E-state index contributed by atoms with van der Waals surface area (Å²) in [5.74, 6) is 0. The number of nitrogens with one attached hydrogen (secondary N) is 2. The van der Waals surface area contributed by atoms with Crippen LogP contribution < -0.4 is 10.6 Å². The predicted octanol–water partition coefficient (Wildman–Crippen LogP) is 3.49. The highest BCUT2D eigenvalue weighted by Gasteiger charge is 2.06.